The van der Waals surface area contributed by atoms with Crippen LogP contribution in [0.3, 0.4) is 0 Å². The van der Waals surface area contributed by atoms with Crippen molar-refractivity contribution in [1.82, 2.24) is 9.47 Å². The molecule has 1 saturated heterocycles. The molecule has 26 heavy (non-hydrogen) atoms. The second kappa shape index (κ2) is 7.85. The molecule has 1 aromatic carbocycles. The van der Waals surface area contributed by atoms with E-state index in [0.29, 0.717) is 17.1 Å². The number of likely N-dealkylation sites (tertiary alicyclic amines) is 1. The number of hydrogen-bond acceptors (Lipinski definition) is 3. The van der Waals surface area contributed by atoms with Crippen LogP contribution in [0.5, 0.6) is 11.5 Å². The largest absolute Gasteiger partial charge is 0.496 e. The number of ether oxygens (including phenoxy) is 2. The van der Waals surface area contributed by atoms with Gasteiger partial charge in [0.05, 0.1) is 20.3 Å². The molecular weight excluding hydrogens is 328 g/mol. The molecule has 0 radical (unpaired) electrons. The van der Waals surface area contributed by atoms with Gasteiger partial charge in [0, 0.05) is 36.6 Å². The Labute approximate surface area is 155 Å². The summed E-state index contributed by atoms with van der Waals surface area (Å²) in [6, 6.07) is 7.91. The fourth-order valence-corrected chi connectivity index (χ4v) is 3.85. The summed E-state index contributed by atoms with van der Waals surface area (Å²) in [5.74, 6) is 1.39. The third kappa shape index (κ3) is 3.43. The number of benzene rings is 1. The van der Waals surface area contributed by atoms with E-state index in [0.717, 1.165) is 37.8 Å². The maximum absolute atomic E-state index is 13.4. The van der Waals surface area contributed by atoms with Crippen molar-refractivity contribution in [2.24, 2.45) is 7.05 Å². The number of rotatable bonds is 4. The molecular formula is C21H28N2O3. The highest BCUT2D eigenvalue weighted by atomic mass is 16.5. The fraction of sp³-hybridized carbons (Fsp3) is 0.476. The number of amides is 1. The van der Waals surface area contributed by atoms with Crippen LogP contribution in [0.25, 0.3) is 0 Å². The van der Waals surface area contributed by atoms with E-state index >= 15 is 0 Å². The van der Waals surface area contributed by atoms with Crippen molar-refractivity contribution < 1.29 is 14.3 Å². The van der Waals surface area contributed by atoms with Gasteiger partial charge in [-0.15, -0.1) is 0 Å². The summed E-state index contributed by atoms with van der Waals surface area (Å²) in [6.45, 7) is 2.71. The minimum atomic E-state index is 0.0368. The molecule has 1 aliphatic rings. The Kier molecular flexibility index (Phi) is 5.55. The summed E-state index contributed by atoms with van der Waals surface area (Å²) >= 11 is 0. The molecule has 1 aromatic heterocycles. The minimum Gasteiger partial charge on any atom is -0.496 e. The first-order valence-corrected chi connectivity index (χ1v) is 9.21. The summed E-state index contributed by atoms with van der Waals surface area (Å²) in [5, 5.41) is 0. The highest BCUT2D eigenvalue weighted by molar-refractivity contribution is 5.95. The van der Waals surface area contributed by atoms with Crippen LogP contribution in [0.1, 0.15) is 53.3 Å². The van der Waals surface area contributed by atoms with Crippen LogP contribution < -0.4 is 9.47 Å². The van der Waals surface area contributed by atoms with Crippen LogP contribution in [-0.4, -0.2) is 36.1 Å². The first-order valence-electron chi connectivity index (χ1n) is 9.21. The van der Waals surface area contributed by atoms with Gasteiger partial charge in [0.15, 0.2) is 0 Å². The van der Waals surface area contributed by atoms with Crippen LogP contribution >= 0.6 is 0 Å². The minimum absolute atomic E-state index is 0.0368. The van der Waals surface area contributed by atoms with E-state index < -0.39 is 0 Å². The van der Waals surface area contributed by atoms with Crippen LogP contribution in [0.4, 0.5) is 0 Å². The predicted molar refractivity (Wildman–Crippen MR) is 102 cm³/mol. The van der Waals surface area contributed by atoms with Gasteiger partial charge in [0.1, 0.15) is 11.5 Å². The summed E-state index contributed by atoms with van der Waals surface area (Å²) in [5.41, 5.74) is 2.71. The second-order valence-corrected chi connectivity index (χ2v) is 6.91. The lowest BCUT2D eigenvalue weighted by molar-refractivity contribution is 0.0673. The molecule has 1 fully saturated rings. The molecule has 0 saturated carbocycles. The Hall–Kier alpha value is -2.43. The first-order chi connectivity index (χ1) is 12.6. The number of aryl methyl sites for hydroxylation is 1. The Morgan fingerprint density at radius 3 is 2.38 bits per heavy atom. The molecule has 1 aliphatic heterocycles. The lowest BCUT2D eigenvalue weighted by Gasteiger charge is -2.31. The van der Waals surface area contributed by atoms with Gasteiger partial charge in [0.2, 0.25) is 0 Å². The predicted octanol–water partition coefficient (Wildman–Crippen LogP) is 4.11. The van der Waals surface area contributed by atoms with E-state index in [2.05, 4.69) is 10.6 Å². The molecule has 1 atom stereocenters. The lowest BCUT2D eigenvalue weighted by Crippen LogP contribution is -2.35. The zero-order valence-corrected chi connectivity index (χ0v) is 16.1. The van der Waals surface area contributed by atoms with Crippen LogP contribution in [-0.2, 0) is 7.05 Å². The molecule has 0 spiro atoms. The van der Waals surface area contributed by atoms with Crippen molar-refractivity contribution in [3.05, 3.63) is 47.3 Å². The SMILES string of the molecule is COc1cc(C(=O)N2CCCCC[C@H]2c2cccn2C)cc(OC)c1C. The molecule has 5 heteroatoms. The molecule has 0 N–H and O–H groups in total. The number of carbonyl (C=O) groups is 1. The molecule has 140 valence electrons. The molecule has 0 bridgehead atoms. The average Bonchev–Trinajstić information content (AvgIpc) is 2.93. The van der Waals surface area contributed by atoms with Crippen molar-refractivity contribution in [2.45, 2.75) is 38.6 Å². The monoisotopic (exact) mass is 356 g/mol. The van der Waals surface area contributed by atoms with E-state index in [1.807, 2.05) is 43.3 Å². The van der Waals surface area contributed by atoms with Crippen molar-refractivity contribution in [1.29, 1.82) is 0 Å². The van der Waals surface area contributed by atoms with Gasteiger partial charge in [-0.25, -0.2) is 0 Å². The number of hydrogen-bond donors (Lipinski definition) is 0. The van der Waals surface area contributed by atoms with Gasteiger partial charge < -0.3 is 18.9 Å². The van der Waals surface area contributed by atoms with E-state index in [9.17, 15) is 4.79 Å². The van der Waals surface area contributed by atoms with E-state index in [4.69, 9.17) is 9.47 Å². The Morgan fingerprint density at radius 1 is 1.12 bits per heavy atom. The van der Waals surface area contributed by atoms with Gasteiger partial charge in [-0.2, -0.15) is 0 Å². The number of nitrogens with zero attached hydrogens (tertiary/aromatic N) is 2. The maximum atomic E-state index is 13.4. The topological polar surface area (TPSA) is 43.7 Å². The van der Waals surface area contributed by atoms with Gasteiger partial charge in [0.25, 0.3) is 5.91 Å². The zero-order valence-electron chi connectivity index (χ0n) is 16.1. The smallest absolute Gasteiger partial charge is 0.254 e. The standard InChI is InChI=1S/C21H28N2O3/c1-15-19(25-3)13-16(14-20(15)26-4)21(24)23-12-7-5-6-9-18(23)17-10-8-11-22(17)2/h8,10-11,13-14,18H,5-7,9,12H2,1-4H3/t18-/m0/s1. The lowest BCUT2D eigenvalue weighted by atomic mass is 10.0. The van der Waals surface area contributed by atoms with E-state index in [1.54, 1.807) is 14.2 Å². The van der Waals surface area contributed by atoms with E-state index in [1.165, 1.54) is 5.69 Å². The molecule has 0 unspecified atom stereocenters. The number of carbonyl (C=O) groups excluding carboxylic acids is 1. The normalized spacial score (nSPS) is 17.7. The number of aromatic nitrogens is 1. The van der Waals surface area contributed by atoms with Crippen molar-refractivity contribution >= 4 is 5.91 Å². The third-order valence-corrected chi connectivity index (χ3v) is 5.34. The molecule has 2 aromatic rings. The molecule has 2 heterocycles. The summed E-state index contributed by atoms with van der Waals surface area (Å²) in [4.78, 5) is 15.4. The molecule has 0 aliphatic carbocycles. The van der Waals surface area contributed by atoms with Gasteiger partial charge >= 0.3 is 0 Å². The highest BCUT2D eigenvalue weighted by Gasteiger charge is 2.29. The zero-order chi connectivity index (χ0) is 18.7. The van der Waals surface area contributed by atoms with Crippen LogP contribution in [0, 0.1) is 6.92 Å². The van der Waals surface area contributed by atoms with E-state index in [-0.39, 0.29) is 11.9 Å². The molecule has 5 nitrogen and oxygen atoms in total. The Bertz CT molecular complexity index is 756. The highest BCUT2D eigenvalue weighted by Crippen LogP contribution is 2.34. The van der Waals surface area contributed by atoms with Crippen molar-refractivity contribution in [3.8, 4) is 11.5 Å². The number of methoxy groups -OCH3 is 2. The van der Waals surface area contributed by atoms with Crippen LogP contribution in [0.15, 0.2) is 30.5 Å². The van der Waals surface area contributed by atoms with Crippen molar-refractivity contribution in [3.63, 3.8) is 0 Å². The Balaban J connectivity index is 1.99. The Morgan fingerprint density at radius 2 is 1.81 bits per heavy atom. The third-order valence-electron chi connectivity index (χ3n) is 5.34. The summed E-state index contributed by atoms with van der Waals surface area (Å²) in [7, 11) is 5.28. The fourth-order valence-electron chi connectivity index (χ4n) is 3.85. The van der Waals surface area contributed by atoms with Crippen molar-refractivity contribution in [2.75, 3.05) is 20.8 Å². The second-order valence-electron chi connectivity index (χ2n) is 6.91. The summed E-state index contributed by atoms with van der Waals surface area (Å²) in [6.07, 6.45) is 6.36. The van der Waals surface area contributed by atoms with Gasteiger partial charge in [-0.1, -0.05) is 12.8 Å². The molecule has 1 amide bonds. The summed E-state index contributed by atoms with van der Waals surface area (Å²) < 4.78 is 13.0. The quantitative estimate of drug-likeness (QED) is 0.828. The average molecular weight is 356 g/mol. The van der Waals surface area contributed by atoms with Gasteiger partial charge in [-0.3, -0.25) is 4.79 Å². The van der Waals surface area contributed by atoms with Gasteiger partial charge in [-0.05, 0) is 44.0 Å². The molecule has 3 rings (SSSR count). The maximum Gasteiger partial charge on any atom is 0.254 e. The first kappa shape index (κ1) is 18.4. The van der Waals surface area contributed by atoms with Crippen LogP contribution in [0.2, 0.25) is 0 Å².